The van der Waals surface area contributed by atoms with Crippen molar-refractivity contribution in [2.75, 3.05) is 0 Å². The average Bonchev–Trinajstić information content (AvgIpc) is 3.72. The van der Waals surface area contributed by atoms with E-state index in [1.54, 1.807) is 24.3 Å². The second kappa shape index (κ2) is 9.41. The Morgan fingerprint density at radius 1 is 0.705 bits per heavy atom. The molecule has 4 aromatic carbocycles. The summed E-state index contributed by atoms with van der Waals surface area (Å²) in [5.41, 5.74) is 2.81. The number of hydrogen-bond acceptors (Lipinski definition) is 6. The Hall–Kier alpha value is -5.18. The number of hydrogen-bond donors (Lipinski definition) is 6. The molecule has 5 unspecified atom stereocenters. The molecular weight excluding hydrogens is 556 g/mol. The number of aromatic nitrogens is 2. The lowest BCUT2D eigenvalue weighted by molar-refractivity contribution is -0.140. The highest BCUT2D eigenvalue weighted by molar-refractivity contribution is 6.13. The number of aliphatic hydroxyl groups excluding tert-OH is 1. The number of aliphatic hydroxyl groups is 2. The fourth-order valence-electron chi connectivity index (χ4n) is 7.48. The first-order valence-corrected chi connectivity index (χ1v) is 14.5. The summed E-state index contributed by atoms with van der Waals surface area (Å²) >= 11 is 0. The summed E-state index contributed by atoms with van der Waals surface area (Å²) in [5.74, 6) is -3.70. The summed E-state index contributed by atoms with van der Waals surface area (Å²) in [6.07, 6.45) is -1.29. The number of aromatic amines is 2. The SMILES string of the molecule is O=C1C(C(O)c2ccc(O)cc2)c2[nH]c3ccccc3c2C1C1C(=O)C(O)(Cc2ccc(O)cc2)c2[nH]c3ccccc3c21. The molecule has 0 saturated heterocycles. The summed E-state index contributed by atoms with van der Waals surface area (Å²) in [6, 6.07) is 27.5. The molecule has 0 spiro atoms. The molecule has 0 fully saturated rings. The van der Waals surface area contributed by atoms with Crippen molar-refractivity contribution in [3.8, 4) is 11.5 Å². The van der Waals surface area contributed by atoms with Crippen LogP contribution in [0.15, 0.2) is 97.1 Å². The fourth-order valence-corrected chi connectivity index (χ4v) is 7.48. The molecule has 5 atom stereocenters. The van der Waals surface area contributed by atoms with E-state index in [1.165, 1.54) is 24.3 Å². The Labute approximate surface area is 251 Å². The highest BCUT2D eigenvalue weighted by Gasteiger charge is 2.60. The minimum absolute atomic E-state index is 0.0409. The number of ketones is 2. The molecule has 6 N–H and O–H groups in total. The molecule has 2 aliphatic rings. The molecule has 2 aromatic heterocycles. The molecule has 0 amide bonds. The summed E-state index contributed by atoms with van der Waals surface area (Å²) in [7, 11) is 0. The maximum absolute atomic E-state index is 14.7. The molecule has 0 bridgehead atoms. The maximum atomic E-state index is 14.7. The van der Waals surface area contributed by atoms with Crippen LogP contribution in [0.2, 0.25) is 0 Å². The largest absolute Gasteiger partial charge is 0.508 e. The van der Waals surface area contributed by atoms with Crippen LogP contribution >= 0.6 is 0 Å². The molecule has 0 aliphatic heterocycles. The predicted molar refractivity (Wildman–Crippen MR) is 164 cm³/mol. The van der Waals surface area contributed by atoms with Crippen LogP contribution in [-0.2, 0) is 21.6 Å². The summed E-state index contributed by atoms with van der Waals surface area (Å²) in [6.45, 7) is 0. The van der Waals surface area contributed by atoms with Crippen LogP contribution in [0.5, 0.6) is 11.5 Å². The van der Waals surface area contributed by atoms with Crippen molar-refractivity contribution < 1.29 is 30.0 Å². The van der Waals surface area contributed by atoms with E-state index >= 15 is 0 Å². The van der Waals surface area contributed by atoms with Crippen LogP contribution in [0.25, 0.3) is 21.8 Å². The number of phenols is 2. The third-order valence-electron chi connectivity index (χ3n) is 9.45. The third kappa shape index (κ3) is 3.65. The van der Waals surface area contributed by atoms with Crippen LogP contribution < -0.4 is 0 Å². The van der Waals surface area contributed by atoms with Crippen molar-refractivity contribution >= 4 is 33.4 Å². The van der Waals surface area contributed by atoms with Crippen LogP contribution in [-0.4, -0.2) is 42.0 Å². The van der Waals surface area contributed by atoms with Gasteiger partial charge in [-0.15, -0.1) is 0 Å². The summed E-state index contributed by atoms with van der Waals surface area (Å²) < 4.78 is 0. The van der Waals surface area contributed by atoms with Gasteiger partial charge in [-0.2, -0.15) is 0 Å². The van der Waals surface area contributed by atoms with E-state index in [9.17, 15) is 30.0 Å². The highest BCUT2D eigenvalue weighted by atomic mass is 16.3. The molecule has 0 saturated carbocycles. The summed E-state index contributed by atoms with van der Waals surface area (Å²) in [4.78, 5) is 36.0. The lowest BCUT2D eigenvalue weighted by atomic mass is 9.78. The smallest absolute Gasteiger partial charge is 0.179 e. The minimum Gasteiger partial charge on any atom is -0.508 e. The normalized spacial score (nSPS) is 23.4. The van der Waals surface area contributed by atoms with Crippen molar-refractivity contribution in [2.24, 2.45) is 0 Å². The second-order valence-corrected chi connectivity index (χ2v) is 11.9. The van der Waals surface area contributed by atoms with E-state index in [4.69, 9.17) is 0 Å². The van der Waals surface area contributed by atoms with Crippen molar-refractivity contribution in [1.82, 2.24) is 9.97 Å². The Morgan fingerprint density at radius 3 is 1.93 bits per heavy atom. The number of carbonyl (C=O) groups excluding carboxylic acids is 2. The quantitative estimate of drug-likeness (QED) is 0.161. The van der Waals surface area contributed by atoms with Gasteiger partial charge in [-0.25, -0.2) is 0 Å². The maximum Gasteiger partial charge on any atom is 0.179 e. The Bertz CT molecular complexity index is 2110. The zero-order valence-electron chi connectivity index (χ0n) is 23.4. The Kier molecular flexibility index (Phi) is 5.66. The van der Waals surface area contributed by atoms with Gasteiger partial charge in [-0.3, -0.25) is 9.59 Å². The first-order valence-electron chi connectivity index (χ1n) is 14.5. The second-order valence-electron chi connectivity index (χ2n) is 11.9. The van der Waals surface area contributed by atoms with Crippen LogP contribution in [0.3, 0.4) is 0 Å². The average molecular weight is 585 g/mol. The molecular formula is C36H28N2O6. The fraction of sp³-hybridized carbons (Fsp3) is 0.167. The van der Waals surface area contributed by atoms with Gasteiger partial charge in [0.25, 0.3) is 0 Å². The van der Waals surface area contributed by atoms with Crippen molar-refractivity contribution in [1.29, 1.82) is 0 Å². The van der Waals surface area contributed by atoms with Gasteiger partial charge in [-0.05, 0) is 58.7 Å². The third-order valence-corrected chi connectivity index (χ3v) is 9.45. The number of rotatable bonds is 5. The number of phenolic OH excluding ortho intramolecular Hbond substituents is 2. The van der Waals surface area contributed by atoms with E-state index in [-0.39, 0.29) is 23.7 Å². The molecule has 8 rings (SSSR count). The van der Waals surface area contributed by atoms with Crippen molar-refractivity contribution in [2.45, 2.75) is 35.9 Å². The molecule has 8 heteroatoms. The van der Waals surface area contributed by atoms with E-state index in [2.05, 4.69) is 9.97 Å². The molecule has 2 aliphatic carbocycles. The number of H-pyrrole nitrogens is 2. The highest BCUT2D eigenvalue weighted by Crippen LogP contribution is 2.58. The molecule has 2 heterocycles. The Balaban J connectivity index is 1.33. The van der Waals surface area contributed by atoms with Gasteiger partial charge in [0.1, 0.15) is 11.5 Å². The predicted octanol–water partition coefficient (Wildman–Crippen LogP) is 5.34. The number of Topliss-reactive ketones (excluding diaryl/α,β-unsaturated/α-hetero) is 2. The van der Waals surface area contributed by atoms with Crippen molar-refractivity contribution in [3.05, 3.63) is 131 Å². The topological polar surface area (TPSA) is 147 Å². The molecule has 218 valence electrons. The first-order chi connectivity index (χ1) is 21.3. The molecule has 44 heavy (non-hydrogen) atoms. The van der Waals surface area contributed by atoms with Gasteiger partial charge in [0.15, 0.2) is 17.2 Å². The van der Waals surface area contributed by atoms with Gasteiger partial charge in [-0.1, -0.05) is 60.7 Å². The standard InChI is InChI=1S/C36H28N2O6/c39-20-13-9-18(10-14-20)17-36(44)34-27(23-6-2-4-8-25(23)38-34)29(35(36)43)28-26-22-5-1-3-7-24(22)37-31(26)30(33(28)42)32(41)19-11-15-21(40)16-12-19/h1-16,28-30,32,37-41,44H,17H2. The molecule has 6 aromatic rings. The van der Waals surface area contributed by atoms with E-state index < -0.39 is 35.2 Å². The van der Waals surface area contributed by atoms with Crippen molar-refractivity contribution in [3.63, 3.8) is 0 Å². The van der Waals surface area contributed by atoms with Crippen LogP contribution in [0, 0.1) is 0 Å². The van der Waals surface area contributed by atoms with Crippen LogP contribution in [0.1, 0.15) is 57.5 Å². The van der Waals surface area contributed by atoms with Crippen LogP contribution in [0.4, 0.5) is 0 Å². The van der Waals surface area contributed by atoms with Gasteiger partial charge in [0, 0.05) is 33.9 Å². The van der Waals surface area contributed by atoms with Gasteiger partial charge in [0.2, 0.25) is 0 Å². The van der Waals surface area contributed by atoms with E-state index in [0.717, 1.165) is 21.8 Å². The van der Waals surface area contributed by atoms with Gasteiger partial charge < -0.3 is 30.4 Å². The number of carbonyl (C=O) groups is 2. The van der Waals surface area contributed by atoms with Gasteiger partial charge >= 0.3 is 0 Å². The number of aromatic hydroxyl groups is 2. The van der Waals surface area contributed by atoms with E-state index in [0.29, 0.717) is 33.6 Å². The number of benzene rings is 4. The number of para-hydroxylation sites is 2. The number of nitrogens with one attached hydrogen (secondary N) is 2. The lowest BCUT2D eigenvalue weighted by Gasteiger charge is -2.25. The lowest BCUT2D eigenvalue weighted by Crippen LogP contribution is -2.38. The minimum atomic E-state index is -1.96. The van der Waals surface area contributed by atoms with E-state index in [1.807, 2.05) is 48.5 Å². The number of fused-ring (bicyclic) bond motifs is 6. The molecule has 8 nitrogen and oxygen atoms in total. The first kappa shape index (κ1) is 26.4. The zero-order chi connectivity index (χ0) is 30.3. The monoisotopic (exact) mass is 584 g/mol. The van der Waals surface area contributed by atoms with Gasteiger partial charge in [0.05, 0.1) is 29.6 Å². The zero-order valence-corrected chi connectivity index (χ0v) is 23.4. The summed E-state index contributed by atoms with van der Waals surface area (Å²) in [5, 5.41) is 45.1. The molecule has 0 radical (unpaired) electrons. The Morgan fingerprint density at radius 2 is 1.27 bits per heavy atom.